The number of esters is 1. The Bertz CT molecular complexity index is 1700. The van der Waals surface area contributed by atoms with Gasteiger partial charge >= 0.3 is 5.97 Å². The molecule has 0 unspecified atom stereocenters. The molecule has 0 spiro atoms. The molecule has 8 heteroatoms. The van der Waals surface area contributed by atoms with Crippen molar-refractivity contribution >= 4 is 29.0 Å². The molecule has 7 nitrogen and oxygen atoms in total. The number of hydrogen-bond acceptors (Lipinski definition) is 5. The second-order valence-corrected chi connectivity index (χ2v) is 10.1. The van der Waals surface area contributed by atoms with E-state index < -0.39 is 0 Å². The second kappa shape index (κ2) is 11.3. The first-order valence-electron chi connectivity index (χ1n) is 13.2. The van der Waals surface area contributed by atoms with Crippen LogP contribution in [0.4, 0.5) is 5.69 Å². The molecule has 0 aliphatic carbocycles. The van der Waals surface area contributed by atoms with Gasteiger partial charge in [0, 0.05) is 29.5 Å². The fraction of sp³-hybridized carbons (Fsp3) is 0.121. The zero-order valence-electron chi connectivity index (χ0n) is 22.6. The van der Waals surface area contributed by atoms with Gasteiger partial charge in [-0.05, 0) is 97.5 Å². The van der Waals surface area contributed by atoms with Gasteiger partial charge in [0.25, 0.3) is 0 Å². The average Bonchev–Trinajstić information content (AvgIpc) is 3.63. The Morgan fingerprint density at radius 3 is 2.46 bits per heavy atom. The number of methoxy groups -OCH3 is 1. The van der Waals surface area contributed by atoms with Crippen LogP contribution >= 0.6 is 12.2 Å². The number of anilines is 1. The maximum absolute atomic E-state index is 12.3. The van der Waals surface area contributed by atoms with Crippen molar-refractivity contribution in [2.75, 3.05) is 12.0 Å². The minimum absolute atomic E-state index is 0.218. The minimum Gasteiger partial charge on any atom is -0.465 e. The zero-order valence-corrected chi connectivity index (χ0v) is 23.4. The molecule has 0 radical (unpaired) electrons. The first-order valence-corrected chi connectivity index (χ1v) is 13.6. The van der Waals surface area contributed by atoms with Crippen LogP contribution in [0, 0.1) is 6.92 Å². The molecule has 2 atom stereocenters. The van der Waals surface area contributed by atoms with E-state index >= 15 is 0 Å². The largest absolute Gasteiger partial charge is 0.465 e. The van der Waals surface area contributed by atoms with Gasteiger partial charge in [0.15, 0.2) is 5.11 Å². The third-order valence-electron chi connectivity index (χ3n) is 7.16. The van der Waals surface area contributed by atoms with Gasteiger partial charge in [-0.2, -0.15) is 0 Å². The normalized spacial score (nSPS) is 16.3. The summed E-state index contributed by atoms with van der Waals surface area (Å²) in [7, 11) is 1.38. The van der Waals surface area contributed by atoms with Crippen molar-refractivity contribution in [2.24, 2.45) is 0 Å². The van der Waals surface area contributed by atoms with E-state index in [1.807, 2.05) is 104 Å². The lowest BCUT2D eigenvalue weighted by molar-refractivity contribution is 0.0600. The highest BCUT2D eigenvalue weighted by Crippen LogP contribution is 2.42. The van der Waals surface area contributed by atoms with Crippen molar-refractivity contribution in [1.82, 2.24) is 14.9 Å². The predicted molar refractivity (Wildman–Crippen MR) is 163 cm³/mol. The van der Waals surface area contributed by atoms with Crippen molar-refractivity contribution in [3.63, 3.8) is 0 Å². The molecule has 1 saturated heterocycles. The smallest absolute Gasteiger partial charge is 0.337 e. The highest BCUT2D eigenvalue weighted by Gasteiger charge is 2.42. The van der Waals surface area contributed by atoms with Gasteiger partial charge in [-0.15, -0.1) is 0 Å². The van der Waals surface area contributed by atoms with E-state index in [9.17, 15) is 4.79 Å². The summed E-state index contributed by atoms with van der Waals surface area (Å²) >= 11 is 5.92. The topological polar surface area (TPSA) is 68.6 Å². The molecule has 3 aromatic carbocycles. The van der Waals surface area contributed by atoms with Crippen LogP contribution in [0.5, 0.6) is 11.5 Å². The lowest BCUT2D eigenvalue weighted by Crippen LogP contribution is -2.30. The van der Waals surface area contributed by atoms with E-state index in [2.05, 4.69) is 25.8 Å². The molecular formula is C33H28N4O3S. The highest BCUT2D eigenvalue weighted by atomic mass is 32.1. The molecule has 0 amide bonds. The van der Waals surface area contributed by atoms with E-state index in [-0.39, 0.29) is 18.1 Å². The van der Waals surface area contributed by atoms with Crippen molar-refractivity contribution in [3.05, 3.63) is 138 Å². The molecule has 1 fully saturated rings. The van der Waals surface area contributed by atoms with E-state index in [1.165, 1.54) is 7.11 Å². The van der Waals surface area contributed by atoms with Crippen molar-refractivity contribution in [1.29, 1.82) is 0 Å². The summed E-state index contributed by atoms with van der Waals surface area (Å²) < 4.78 is 13.2. The summed E-state index contributed by atoms with van der Waals surface area (Å²) in [6.07, 6.45) is 3.77. The van der Waals surface area contributed by atoms with Crippen LogP contribution in [0.15, 0.2) is 116 Å². The van der Waals surface area contributed by atoms with Gasteiger partial charge in [0.2, 0.25) is 0 Å². The highest BCUT2D eigenvalue weighted by molar-refractivity contribution is 7.80. The maximum Gasteiger partial charge on any atom is 0.337 e. The monoisotopic (exact) mass is 560 g/mol. The Kier molecular flexibility index (Phi) is 7.22. The fourth-order valence-electron chi connectivity index (χ4n) is 5.18. The summed E-state index contributed by atoms with van der Waals surface area (Å²) in [5.41, 5.74) is 5.16. The van der Waals surface area contributed by atoms with Crippen LogP contribution in [0.1, 0.15) is 39.4 Å². The van der Waals surface area contributed by atoms with Crippen LogP contribution in [-0.2, 0) is 4.74 Å². The Labute approximate surface area is 244 Å². The van der Waals surface area contributed by atoms with Gasteiger partial charge in [-0.3, -0.25) is 4.98 Å². The van der Waals surface area contributed by atoms with E-state index in [0.29, 0.717) is 10.7 Å². The Hall–Kier alpha value is -4.95. The summed E-state index contributed by atoms with van der Waals surface area (Å²) in [5.74, 6) is 1.17. The molecule has 2 aromatic heterocycles. The van der Waals surface area contributed by atoms with E-state index in [4.69, 9.17) is 21.7 Å². The number of aryl methyl sites for hydroxylation is 1. The first kappa shape index (κ1) is 26.3. The average molecular weight is 561 g/mol. The molecule has 6 rings (SSSR count). The number of hydrogen-bond donors (Lipinski definition) is 1. The van der Waals surface area contributed by atoms with E-state index in [0.717, 1.165) is 39.8 Å². The molecule has 3 heterocycles. The molecule has 0 bridgehead atoms. The molecule has 1 aliphatic rings. The number of nitrogens with one attached hydrogen (secondary N) is 1. The van der Waals surface area contributed by atoms with Gasteiger partial charge < -0.3 is 24.3 Å². The molecular weight excluding hydrogens is 532 g/mol. The Morgan fingerprint density at radius 2 is 1.71 bits per heavy atom. The predicted octanol–water partition coefficient (Wildman–Crippen LogP) is 6.94. The molecule has 1 N–H and O–H groups in total. The number of nitrogens with zero attached hydrogens (tertiary/aromatic N) is 3. The van der Waals surface area contributed by atoms with Crippen LogP contribution in [0.25, 0.3) is 5.69 Å². The fourth-order valence-corrected chi connectivity index (χ4v) is 5.52. The number of para-hydroxylation sites is 1. The first-order chi connectivity index (χ1) is 20.0. The van der Waals surface area contributed by atoms with Crippen LogP contribution < -0.4 is 15.0 Å². The summed E-state index contributed by atoms with van der Waals surface area (Å²) in [6, 6.07) is 32.7. The van der Waals surface area contributed by atoms with Gasteiger partial charge in [0.1, 0.15) is 17.5 Å². The number of rotatable bonds is 7. The maximum atomic E-state index is 12.3. The number of aromatic nitrogens is 2. The minimum atomic E-state index is -0.384. The van der Waals surface area contributed by atoms with Crippen molar-refractivity contribution < 1.29 is 14.3 Å². The standard InChI is InChI=1S/C33H28N4O3S/c1-22-9-3-4-14-29(22)40-26-17-15-24(16-18-26)37-31(30(35-33(37)41)27-12-5-6-19-34-27)28-13-8-20-36(28)25-11-7-10-23(21-25)32(38)39-2/h3-21,30-31H,1-2H3,(H,35,41)/t30-,31-/m1/s1. The third-order valence-corrected chi connectivity index (χ3v) is 7.48. The van der Waals surface area contributed by atoms with Gasteiger partial charge in [0.05, 0.1) is 24.4 Å². The summed E-state index contributed by atoms with van der Waals surface area (Å²) in [6.45, 7) is 2.02. The van der Waals surface area contributed by atoms with Crippen LogP contribution in [0.2, 0.25) is 0 Å². The van der Waals surface area contributed by atoms with Crippen LogP contribution in [-0.4, -0.2) is 27.7 Å². The lowest BCUT2D eigenvalue weighted by atomic mass is 10.0. The number of ether oxygens (including phenoxy) is 2. The number of thiocarbonyl (C=S) groups is 1. The summed E-state index contributed by atoms with van der Waals surface area (Å²) in [4.78, 5) is 19.0. The van der Waals surface area contributed by atoms with Crippen LogP contribution in [0.3, 0.4) is 0 Å². The summed E-state index contributed by atoms with van der Waals surface area (Å²) in [5, 5.41) is 4.10. The molecule has 5 aromatic rings. The quantitative estimate of drug-likeness (QED) is 0.171. The molecule has 204 valence electrons. The number of carbonyl (C=O) groups excluding carboxylic acids is 1. The second-order valence-electron chi connectivity index (χ2n) is 9.70. The number of benzene rings is 3. The molecule has 41 heavy (non-hydrogen) atoms. The molecule has 0 saturated carbocycles. The number of carbonyl (C=O) groups is 1. The zero-order chi connectivity index (χ0) is 28.3. The van der Waals surface area contributed by atoms with Gasteiger partial charge in [-0.1, -0.05) is 30.3 Å². The SMILES string of the molecule is COC(=O)c1cccc(-n2cccc2[C@@H]2[C@@H](c3ccccn3)NC(=S)N2c2ccc(Oc3ccccc3C)cc2)c1. The lowest BCUT2D eigenvalue weighted by Gasteiger charge is -2.29. The number of pyridine rings is 1. The van der Waals surface area contributed by atoms with Crippen molar-refractivity contribution in [3.8, 4) is 17.2 Å². The molecule has 1 aliphatic heterocycles. The van der Waals surface area contributed by atoms with Gasteiger partial charge in [-0.25, -0.2) is 4.79 Å². The third kappa shape index (κ3) is 5.17. The Morgan fingerprint density at radius 1 is 0.902 bits per heavy atom. The van der Waals surface area contributed by atoms with E-state index in [1.54, 1.807) is 12.3 Å². The van der Waals surface area contributed by atoms with Crippen molar-refractivity contribution in [2.45, 2.75) is 19.0 Å². The Balaban J connectivity index is 1.40.